The lowest BCUT2D eigenvalue weighted by Crippen LogP contribution is -1.90. The molecule has 9 aromatic carbocycles. The average Bonchev–Trinajstić information content (AvgIpc) is 3.49. The van der Waals surface area contributed by atoms with Gasteiger partial charge in [-0.15, -0.1) is 0 Å². The smallest absolute Gasteiger partial charge is 0.187 e. The van der Waals surface area contributed by atoms with Gasteiger partial charge in [0.25, 0.3) is 0 Å². The van der Waals surface area contributed by atoms with Crippen molar-refractivity contribution in [1.29, 1.82) is 5.26 Å². The fourth-order valence-electron chi connectivity index (χ4n) is 8.11. The fraction of sp³-hybridized carbons (Fsp3) is 0. The molecule has 0 fully saturated rings. The summed E-state index contributed by atoms with van der Waals surface area (Å²) in [6.45, 7) is 7.47. The Morgan fingerprint density at radius 1 is 0.417 bits per heavy atom. The molecule has 0 heterocycles. The van der Waals surface area contributed by atoms with E-state index in [4.69, 9.17) is 6.57 Å². The summed E-state index contributed by atoms with van der Waals surface area (Å²) in [6.07, 6.45) is 0. The van der Waals surface area contributed by atoms with Crippen molar-refractivity contribution in [1.82, 2.24) is 0 Å². The van der Waals surface area contributed by atoms with Gasteiger partial charge in [-0.25, -0.2) is 4.85 Å². The highest BCUT2D eigenvalue weighted by Crippen LogP contribution is 2.56. The molecule has 48 heavy (non-hydrogen) atoms. The first-order valence-corrected chi connectivity index (χ1v) is 16.1. The summed E-state index contributed by atoms with van der Waals surface area (Å²) in [5.74, 6) is 0. The molecule has 1 aliphatic rings. The van der Waals surface area contributed by atoms with E-state index in [2.05, 4.69) is 132 Å². The molecule has 0 amide bonds. The number of nitrogens with zero attached hydrogens (tertiary/aromatic N) is 2. The predicted molar refractivity (Wildman–Crippen MR) is 199 cm³/mol. The van der Waals surface area contributed by atoms with Gasteiger partial charge in [-0.05, 0) is 111 Å². The van der Waals surface area contributed by atoms with E-state index in [0.29, 0.717) is 11.3 Å². The van der Waals surface area contributed by atoms with Crippen LogP contribution in [0.4, 0.5) is 5.69 Å². The van der Waals surface area contributed by atoms with E-state index in [-0.39, 0.29) is 0 Å². The Balaban J connectivity index is 1.27. The molecule has 9 aromatic rings. The predicted octanol–water partition coefficient (Wildman–Crippen LogP) is 12.8. The first kappa shape index (κ1) is 26.5. The number of hydrogen-bond acceptors (Lipinski definition) is 1. The second-order valence-corrected chi connectivity index (χ2v) is 12.6. The van der Waals surface area contributed by atoms with Crippen molar-refractivity contribution in [2.45, 2.75) is 0 Å². The van der Waals surface area contributed by atoms with Gasteiger partial charge in [0.1, 0.15) is 0 Å². The van der Waals surface area contributed by atoms with Crippen LogP contribution in [0.3, 0.4) is 0 Å². The summed E-state index contributed by atoms with van der Waals surface area (Å²) in [5.41, 5.74) is 13.1. The maximum absolute atomic E-state index is 9.47. The largest absolute Gasteiger partial charge is 0.238 e. The van der Waals surface area contributed by atoms with E-state index in [0.717, 1.165) is 22.3 Å². The maximum Gasteiger partial charge on any atom is 0.187 e. The van der Waals surface area contributed by atoms with Gasteiger partial charge in [0, 0.05) is 0 Å². The Bertz CT molecular complexity index is 2770. The normalized spacial score (nSPS) is 11.7. The number of nitriles is 1. The van der Waals surface area contributed by atoms with Crippen LogP contribution in [0.15, 0.2) is 146 Å². The van der Waals surface area contributed by atoms with Gasteiger partial charge in [-0.1, -0.05) is 133 Å². The van der Waals surface area contributed by atoms with Crippen LogP contribution in [-0.4, -0.2) is 0 Å². The standard InChI is InChI=1S/C46H24N2/c1-48-33-18-14-29(15-19-33)35-23-22-34(28-10-8-27(26-47)9-11-28)46-41-25-24-37(38-6-3-7-40(44(38)41)45(35)46)36-20-16-32-13-12-30-4-2-5-31-17-21-39(36)43(32)42(30)31/h2-25H. The minimum atomic E-state index is 0.632. The number of fused-ring (bicyclic) bond motifs is 3. The zero-order valence-corrected chi connectivity index (χ0v) is 25.8. The van der Waals surface area contributed by atoms with Crippen LogP contribution in [0.1, 0.15) is 5.56 Å². The molecule has 2 heteroatoms. The minimum Gasteiger partial charge on any atom is -0.238 e. The third kappa shape index (κ3) is 3.61. The first-order valence-electron chi connectivity index (χ1n) is 16.1. The van der Waals surface area contributed by atoms with Crippen molar-refractivity contribution >= 4 is 48.8 Å². The molecule has 0 N–H and O–H groups in total. The van der Waals surface area contributed by atoms with Crippen LogP contribution >= 0.6 is 0 Å². The third-order valence-corrected chi connectivity index (χ3v) is 10.2. The summed E-state index contributed by atoms with van der Waals surface area (Å²) >= 11 is 0. The molecule has 0 bridgehead atoms. The van der Waals surface area contributed by atoms with Gasteiger partial charge in [0.15, 0.2) is 5.69 Å². The second-order valence-electron chi connectivity index (χ2n) is 12.6. The molecule has 0 atom stereocenters. The van der Waals surface area contributed by atoms with Crippen LogP contribution < -0.4 is 0 Å². The van der Waals surface area contributed by atoms with E-state index < -0.39 is 0 Å². The molecule has 0 spiro atoms. The molecule has 0 radical (unpaired) electrons. The quantitative estimate of drug-likeness (QED) is 0.146. The Labute approximate surface area is 277 Å². The number of hydrogen-bond donors (Lipinski definition) is 0. The zero-order chi connectivity index (χ0) is 31.9. The molecule has 0 aliphatic heterocycles. The average molecular weight is 605 g/mol. The zero-order valence-electron chi connectivity index (χ0n) is 25.8. The molecule has 218 valence electrons. The summed E-state index contributed by atoms with van der Waals surface area (Å²) in [6, 6.07) is 54.0. The van der Waals surface area contributed by atoms with Crippen LogP contribution in [0.2, 0.25) is 0 Å². The first-order chi connectivity index (χ1) is 23.7. The highest BCUT2D eigenvalue weighted by atomic mass is 14.6. The monoisotopic (exact) mass is 604 g/mol. The van der Waals surface area contributed by atoms with Crippen LogP contribution in [0, 0.1) is 17.9 Å². The highest BCUT2D eigenvalue weighted by molar-refractivity contribution is 6.28. The van der Waals surface area contributed by atoms with Crippen molar-refractivity contribution in [3.05, 3.63) is 163 Å². The number of benzene rings is 9. The van der Waals surface area contributed by atoms with Crippen molar-refractivity contribution in [2.75, 3.05) is 0 Å². The van der Waals surface area contributed by atoms with E-state index in [1.807, 2.05) is 24.3 Å². The highest BCUT2D eigenvalue weighted by Gasteiger charge is 2.29. The molecular weight excluding hydrogens is 581 g/mol. The van der Waals surface area contributed by atoms with Gasteiger partial charge in [-0.3, -0.25) is 0 Å². The fourth-order valence-corrected chi connectivity index (χ4v) is 8.11. The summed E-state index contributed by atoms with van der Waals surface area (Å²) in [4.78, 5) is 3.62. The Hall–Kier alpha value is -6.74. The molecule has 2 nitrogen and oxygen atoms in total. The minimum absolute atomic E-state index is 0.632. The summed E-state index contributed by atoms with van der Waals surface area (Å²) < 4.78 is 0. The molecule has 0 aromatic heterocycles. The van der Waals surface area contributed by atoms with Gasteiger partial charge in [0.05, 0.1) is 18.2 Å². The van der Waals surface area contributed by atoms with Gasteiger partial charge >= 0.3 is 0 Å². The molecule has 0 saturated heterocycles. The lowest BCUT2D eigenvalue weighted by Gasteiger charge is -2.16. The van der Waals surface area contributed by atoms with E-state index >= 15 is 0 Å². The number of rotatable bonds is 3. The topological polar surface area (TPSA) is 28.1 Å². The van der Waals surface area contributed by atoms with E-state index in [9.17, 15) is 5.26 Å². The maximum atomic E-state index is 9.47. The lowest BCUT2D eigenvalue weighted by atomic mass is 9.87. The van der Waals surface area contributed by atoms with Crippen LogP contribution in [0.25, 0.3) is 104 Å². The van der Waals surface area contributed by atoms with Gasteiger partial charge < -0.3 is 0 Å². The van der Waals surface area contributed by atoms with Crippen molar-refractivity contribution in [3.63, 3.8) is 0 Å². The van der Waals surface area contributed by atoms with Crippen molar-refractivity contribution in [3.8, 4) is 61.7 Å². The third-order valence-electron chi connectivity index (χ3n) is 10.2. The van der Waals surface area contributed by atoms with Crippen molar-refractivity contribution in [2.24, 2.45) is 0 Å². The van der Waals surface area contributed by atoms with E-state index in [1.165, 1.54) is 76.5 Å². The molecular formula is C46H24N2. The Kier molecular flexibility index (Phi) is 5.45. The van der Waals surface area contributed by atoms with Crippen molar-refractivity contribution < 1.29 is 0 Å². The van der Waals surface area contributed by atoms with Gasteiger partial charge in [-0.2, -0.15) is 5.26 Å². The van der Waals surface area contributed by atoms with Crippen LogP contribution in [-0.2, 0) is 0 Å². The second kappa shape index (κ2) is 9.88. The SMILES string of the molecule is [C-]#[N+]c1ccc(-c2ccc(-c3ccc(C#N)cc3)c3c2-c2cccc4c(-c5ccc6ccc7cccc8ccc5c6c78)ccc-3c24)cc1. The van der Waals surface area contributed by atoms with Crippen LogP contribution in [0.5, 0.6) is 0 Å². The molecule has 1 aliphatic carbocycles. The molecule has 10 rings (SSSR count). The summed E-state index contributed by atoms with van der Waals surface area (Å²) in [7, 11) is 0. The molecule has 0 saturated carbocycles. The Morgan fingerprint density at radius 3 is 1.58 bits per heavy atom. The van der Waals surface area contributed by atoms with E-state index in [1.54, 1.807) is 0 Å². The lowest BCUT2D eigenvalue weighted by molar-refractivity contribution is 1.48. The summed E-state index contributed by atoms with van der Waals surface area (Å²) in [5, 5.41) is 19.7. The Morgan fingerprint density at radius 2 is 0.917 bits per heavy atom. The molecule has 0 unspecified atom stereocenters. The van der Waals surface area contributed by atoms with Gasteiger partial charge in [0.2, 0.25) is 0 Å².